The second kappa shape index (κ2) is 9.81. The van der Waals surface area contributed by atoms with Gasteiger partial charge in [0.15, 0.2) is 11.5 Å². The van der Waals surface area contributed by atoms with E-state index in [2.05, 4.69) is 10.2 Å². The van der Waals surface area contributed by atoms with Crippen LogP contribution in [0, 0.1) is 0 Å². The van der Waals surface area contributed by atoms with Gasteiger partial charge in [0.05, 0.1) is 29.5 Å². The maximum absolute atomic E-state index is 13.2. The minimum atomic E-state index is -3.66. The van der Waals surface area contributed by atoms with Crippen LogP contribution in [0.3, 0.4) is 0 Å². The Kier molecular flexibility index (Phi) is 6.62. The highest BCUT2D eigenvalue weighted by Crippen LogP contribution is 2.34. The van der Waals surface area contributed by atoms with Gasteiger partial charge in [-0.3, -0.25) is 4.79 Å². The number of anilines is 2. The van der Waals surface area contributed by atoms with E-state index in [4.69, 9.17) is 14.2 Å². The number of sulfonamides is 1. The molecule has 3 heterocycles. The first-order valence-electron chi connectivity index (χ1n) is 11.7. The Hall–Kier alpha value is -2.82. The highest BCUT2D eigenvalue weighted by atomic mass is 32.2. The molecule has 1 N–H and O–H groups in total. The lowest BCUT2D eigenvalue weighted by Gasteiger charge is -2.27. The molecular formula is C24H29N3O6S. The van der Waals surface area contributed by atoms with Gasteiger partial charge in [-0.1, -0.05) is 6.07 Å². The Labute approximate surface area is 199 Å². The van der Waals surface area contributed by atoms with Gasteiger partial charge in [-0.05, 0) is 55.2 Å². The summed E-state index contributed by atoms with van der Waals surface area (Å²) >= 11 is 0. The number of nitrogens with zero attached hydrogens (tertiary/aromatic N) is 2. The Balaban J connectivity index is 1.33. The van der Waals surface area contributed by atoms with Crippen LogP contribution < -0.4 is 19.7 Å². The molecule has 5 rings (SSSR count). The molecule has 10 heteroatoms. The van der Waals surface area contributed by atoms with Crippen molar-refractivity contribution in [1.82, 2.24) is 4.31 Å². The van der Waals surface area contributed by atoms with Crippen LogP contribution in [0.4, 0.5) is 11.4 Å². The highest BCUT2D eigenvalue weighted by Gasteiger charge is 2.28. The average Bonchev–Trinajstić information content (AvgIpc) is 3.55. The summed E-state index contributed by atoms with van der Waals surface area (Å²) in [4.78, 5) is 15.3. The molecule has 0 spiro atoms. The van der Waals surface area contributed by atoms with Crippen molar-refractivity contribution in [2.75, 3.05) is 56.4 Å². The van der Waals surface area contributed by atoms with Crippen LogP contribution in [0.5, 0.6) is 11.5 Å². The van der Waals surface area contributed by atoms with Crippen LogP contribution in [0.2, 0.25) is 0 Å². The molecule has 2 aromatic carbocycles. The van der Waals surface area contributed by atoms with Crippen LogP contribution in [0.1, 0.15) is 24.8 Å². The molecule has 0 radical (unpaired) electrons. The molecule has 0 aliphatic carbocycles. The number of nitrogens with one attached hydrogen (secondary N) is 1. The van der Waals surface area contributed by atoms with Crippen LogP contribution in [0.15, 0.2) is 41.3 Å². The molecule has 3 aliphatic heterocycles. The Morgan fingerprint density at radius 3 is 2.50 bits per heavy atom. The third kappa shape index (κ3) is 4.84. The number of aryl methyl sites for hydroxylation is 1. The number of amides is 1. The summed E-state index contributed by atoms with van der Waals surface area (Å²) in [6, 6.07) is 10.7. The third-order valence-corrected chi connectivity index (χ3v) is 8.27. The summed E-state index contributed by atoms with van der Waals surface area (Å²) in [6.45, 7) is 3.40. The topological polar surface area (TPSA) is 97.4 Å². The lowest BCUT2D eigenvalue weighted by Crippen LogP contribution is -2.40. The first-order valence-corrected chi connectivity index (χ1v) is 13.1. The first kappa shape index (κ1) is 22.9. The van der Waals surface area contributed by atoms with Gasteiger partial charge in [0, 0.05) is 32.6 Å². The van der Waals surface area contributed by atoms with Crippen LogP contribution in [-0.4, -0.2) is 64.8 Å². The molecule has 0 saturated carbocycles. The maximum atomic E-state index is 13.2. The Morgan fingerprint density at radius 1 is 0.941 bits per heavy atom. The lowest BCUT2D eigenvalue weighted by atomic mass is 10.1. The summed E-state index contributed by atoms with van der Waals surface area (Å²) in [5, 5.41) is 2.98. The van der Waals surface area contributed by atoms with Crippen LogP contribution in [-0.2, 0) is 26.0 Å². The van der Waals surface area contributed by atoms with E-state index in [-0.39, 0.29) is 24.0 Å². The van der Waals surface area contributed by atoms with Crippen molar-refractivity contribution >= 4 is 27.3 Å². The number of hydrogen-bond acceptors (Lipinski definition) is 7. The van der Waals surface area contributed by atoms with Crippen molar-refractivity contribution < 1.29 is 27.4 Å². The zero-order chi connectivity index (χ0) is 23.5. The predicted molar refractivity (Wildman–Crippen MR) is 127 cm³/mol. The molecule has 0 bridgehead atoms. The molecule has 2 fully saturated rings. The van der Waals surface area contributed by atoms with Gasteiger partial charge in [-0.15, -0.1) is 0 Å². The quantitative estimate of drug-likeness (QED) is 0.641. The summed E-state index contributed by atoms with van der Waals surface area (Å²) in [5.41, 5.74) is 2.37. The van der Waals surface area contributed by atoms with E-state index in [1.165, 1.54) is 4.31 Å². The second-order valence-corrected chi connectivity index (χ2v) is 10.6. The van der Waals surface area contributed by atoms with Gasteiger partial charge in [-0.25, -0.2) is 8.42 Å². The number of carbonyl (C=O) groups excluding carboxylic acids is 1. The van der Waals surface area contributed by atoms with E-state index in [9.17, 15) is 13.2 Å². The van der Waals surface area contributed by atoms with E-state index in [0.29, 0.717) is 49.9 Å². The smallest absolute Gasteiger partial charge is 0.243 e. The summed E-state index contributed by atoms with van der Waals surface area (Å²) in [7, 11) is -3.66. The number of carbonyl (C=O) groups is 1. The predicted octanol–water partition coefficient (Wildman–Crippen LogP) is 2.61. The van der Waals surface area contributed by atoms with E-state index in [1.807, 2.05) is 24.3 Å². The van der Waals surface area contributed by atoms with Gasteiger partial charge >= 0.3 is 0 Å². The van der Waals surface area contributed by atoms with Crippen LogP contribution >= 0.6 is 0 Å². The number of ether oxygens (including phenoxy) is 3. The average molecular weight is 488 g/mol. The largest absolute Gasteiger partial charge is 0.454 e. The minimum Gasteiger partial charge on any atom is -0.454 e. The fourth-order valence-electron chi connectivity index (χ4n) is 4.51. The number of hydrogen-bond donors (Lipinski definition) is 1. The Bertz CT molecular complexity index is 1160. The monoisotopic (exact) mass is 487 g/mol. The van der Waals surface area contributed by atoms with Crippen molar-refractivity contribution in [1.29, 1.82) is 0 Å². The molecule has 0 atom stereocenters. The molecule has 3 aliphatic rings. The van der Waals surface area contributed by atoms with Crippen molar-refractivity contribution in [3.63, 3.8) is 0 Å². The molecule has 0 aromatic heterocycles. The third-order valence-electron chi connectivity index (χ3n) is 6.37. The van der Waals surface area contributed by atoms with Crippen LogP contribution in [0.25, 0.3) is 0 Å². The van der Waals surface area contributed by atoms with Gasteiger partial charge in [0.25, 0.3) is 0 Å². The lowest BCUT2D eigenvalue weighted by molar-refractivity contribution is -0.116. The number of morpholine rings is 1. The molecule has 34 heavy (non-hydrogen) atoms. The van der Waals surface area contributed by atoms with E-state index in [0.717, 1.165) is 37.2 Å². The van der Waals surface area contributed by atoms with E-state index >= 15 is 0 Å². The molecule has 1 amide bonds. The van der Waals surface area contributed by atoms with Gasteiger partial charge in [-0.2, -0.15) is 4.31 Å². The maximum Gasteiger partial charge on any atom is 0.243 e. The van der Waals surface area contributed by atoms with Gasteiger partial charge in [0.2, 0.25) is 22.7 Å². The summed E-state index contributed by atoms with van der Waals surface area (Å²) in [5.74, 6) is 1.23. The SMILES string of the molecule is O=C(CCc1ccc2c(c1)OCO2)Nc1cc(S(=O)(=O)N2CCOCC2)ccc1N1CCCC1. The van der Waals surface area contributed by atoms with E-state index < -0.39 is 10.0 Å². The molecule has 2 aromatic rings. The normalized spacial score (nSPS) is 18.3. The fraction of sp³-hybridized carbons (Fsp3) is 0.458. The van der Waals surface area contributed by atoms with Crippen molar-refractivity contribution in [3.05, 3.63) is 42.0 Å². The fourth-order valence-corrected chi connectivity index (χ4v) is 5.95. The van der Waals surface area contributed by atoms with Crippen molar-refractivity contribution in [2.24, 2.45) is 0 Å². The van der Waals surface area contributed by atoms with Crippen molar-refractivity contribution in [2.45, 2.75) is 30.6 Å². The minimum absolute atomic E-state index is 0.168. The molecule has 2 saturated heterocycles. The Morgan fingerprint density at radius 2 is 1.71 bits per heavy atom. The molecule has 182 valence electrons. The molecule has 0 unspecified atom stereocenters. The second-order valence-electron chi connectivity index (χ2n) is 8.63. The zero-order valence-electron chi connectivity index (χ0n) is 19.0. The highest BCUT2D eigenvalue weighted by molar-refractivity contribution is 7.89. The standard InChI is InChI=1S/C24H29N3O6S/c28-24(8-4-18-3-7-22-23(15-18)33-17-32-22)25-20-16-19(5-6-21(20)26-9-1-2-10-26)34(29,30)27-11-13-31-14-12-27/h3,5-7,15-16H,1-2,4,8-14,17H2,(H,25,28). The van der Waals surface area contributed by atoms with Gasteiger partial charge in [0.1, 0.15) is 0 Å². The zero-order valence-corrected chi connectivity index (χ0v) is 19.8. The van der Waals surface area contributed by atoms with Gasteiger partial charge < -0.3 is 24.4 Å². The number of rotatable bonds is 7. The summed E-state index contributed by atoms with van der Waals surface area (Å²) < 4.78 is 43.9. The van der Waals surface area contributed by atoms with E-state index in [1.54, 1.807) is 12.1 Å². The number of fused-ring (bicyclic) bond motifs is 1. The first-order chi connectivity index (χ1) is 16.5. The van der Waals surface area contributed by atoms with Crippen molar-refractivity contribution in [3.8, 4) is 11.5 Å². The summed E-state index contributed by atoms with van der Waals surface area (Å²) in [6.07, 6.45) is 2.95. The molecular weight excluding hydrogens is 458 g/mol. The molecule has 9 nitrogen and oxygen atoms in total. The number of benzene rings is 2.